The second kappa shape index (κ2) is 5.86. The van der Waals surface area contributed by atoms with Crippen LogP contribution in [0.4, 0.5) is 0 Å². The molecule has 1 rings (SSSR count). The lowest BCUT2D eigenvalue weighted by Crippen LogP contribution is -2.25. The molecule has 0 spiro atoms. The summed E-state index contributed by atoms with van der Waals surface area (Å²) in [6, 6.07) is 3.20. The zero-order valence-electron chi connectivity index (χ0n) is 8.39. The molecule has 0 aliphatic rings. The average molecular weight is 212 g/mol. The molecule has 0 N–H and O–H groups in total. The molecule has 0 saturated carbocycles. The van der Waals surface area contributed by atoms with Crippen LogP contribution >= 0.6 is 12.6 Å². The smallest absolute Gasteiger partial charge is 0.266 e. The van der Waals surface area contributed by atoms with Crippen LogP contribution in [0.2, 0.25) is 0 Å². The van der Waals surface area contributed by atoms with E-state index in [1.165, 1.54) is 10.7 Å². The molecule has 1 aromatic heterocycles. The van der Waals surface area contributed by atoms with Gasteiger partial charge in [-0.1, -0.05) is 13.3 Å². The highest BCUT2D eigenvalue weighted by atomic mass is 32.1. The summed E-state index contributed by atoms with van der Waals surface area (Å²) in [5.41, 5.74) is -0.0320. The molecule has 0 aliphatic heterocycles. The number of aromatic nitrogens is 2. The van der Waals surface area contributed by atoms with Gasteiger partial charge in [-0.2, -0.15) is 17.7 Å². The predicted octanol–water partition coefficient (Wildman–Crippen LogP) is 1.59. The minimum Gasteiger partial charge on any atom is -0.268 e. The van der Waals surface area contributed by atoms with Crippen LogP contribution in [-0.4, -0.2) is 15.5 Å². The molecule has 0 saturated heterocycles. The van der Waals surface area contributed by atoms with Crippen LogP contribution in [0, 0.1) is 5.92 Å². The Labute approximate surface area is 89.6 Å². The van der Waals surface area contributed by atoms with Gasteiger partial charge in [0.2, 0.25) is 0 Å². The summed E-state index contributed by atoms with van der Waals surface area (Å²) in [6.07, 6.45) is 3.85. The Balaban J connectivity index is 2.67. The number of hydrogen-bond acceptors (Lipinski definition) is 3. The molecule has 0 aliphatic carbocycles. The predicted molar refractivity (Wildman–Crippen MR) is 60.7 cm³/mol. The molecule has 1 aromatic rings. The third kappa shape index (κ3) is 3.18. The first-order chi connectivity index (χ1) is 6.77. The van der Waals surface area contributed by atoms with Crippen molar-refractivity contribution in [3.8, 4) is 0 Å². The highest BCUT2D eigenvalue weighted by molar-refractivity contribution is 7.80. The Hall–Kier alpha value is -0.770. The van der Waals surface area contributed by atoms with Gasteiger partial charge in [0.25, 0.3) is 5.56 Å². The number of nitrogens with zero attached hydrogens (tertiary/aromatic N) is 2. The number of hydrogen-bond donors (Lipinski definition) is 1. The van der Waals surface area contributed by atoms with Crippen molar-refractivity contribution in [1.82, 2.24) is 9.78 Å². The maximum atomic E-state index is 11.4. The van der Waals surface area contributed by atoms with Crippen LogP contribution in [0.5, 0.6) is 0 Å². The van der Waals surface area contributed by atoms with Gasteiger partial charge in [-0.3, -0.25) is 4.79 Å². The number of thiol groups is 1. The first-order valence-corrected chi connectivity index (χ1v) is 5.54. The molecular weight excluding hydrogens is 196 g/mol. The molecule has 0 amide bonds. The largest absolute Gasteiger partial charge is 0.268 e. The lowest BCUT2D eigenvalue weighted by molar-refractivity contribution is 0.414. The number of rotatable bonds is 5. The molecule has 1 unspecified atom stereocenters. The van der Waals surface area contributed by atoms with Crippen molar-refractivity contribution in [2.75, 3.05) is 5.75 Å². The van der Waals surface area contributed by atoms with Crippen LogP contribution in [0.15, 0.2) is 23.1 Å². The van der Waals surface area contributed by atoms with Crippen molar-refractivity contribution >= 4 is 12.6 Å². The normalized spacial score (nSPS) is 12.7. The van der Waals surface area contributed by atoms with Crippen LogP contribution in [0.1, 0.15) is 19.8 Å². The van der Waals surface area contributed by atoms with Gasteiger partial charge >= 0.3 is 0 Å². The summed E-state index contributed by atoms with van der Waals surface area (Å²) in [5, 5.41) is 4.02. The van der Waals surface area contributed by atoms with E-state index < -0.39 is 0 Å². The van der Waals surface area contributed by atoms with E-state index in [0.717, 1.165) is 18.6 Å². The molecule has 78 valence electrons. The summed E-state index contributed by atoms with van der Waals surface area (Å²) in [4.78, 5) is 11.4. The van der Waals surface area contributed by atoms with Gasteiger partial charge in [-0.15, -0.1) is 0 Å². The van der Waals surface area contributed by atoms with E-state index >= 15 is 0 Å². The fourth-order valence-corrected chi connectivity index (χ4v) is 1.72. The molecular formula is C10H16N2OS. The molecule has 3 nitrogen and oxygen atoms in total. The highest BCUT2D eigenvalue weighted by Gasteiger charge is 2.07. The molecule has 14 heavy (non-hydrogen) atoms. The van der Waals surface area contributed by atoms with E-state index in [1.807, 2.05) is 0 Å². The first kappa shape index (κ1) is 11.3. The maximum absolute atomic E-state index is 11.4. The summed E-state index contributed by atoms with van der Waals surface area (Å²) in [6.45, 7) is 2.81. The van der Waals surface area contributed by atoms with E-state index in [4.69, 9.17) is 0 Å². The lowest BCUT2D eigenvalue weighted by Gasteiger charge is -2.13. The van der Waals surface area contributed by atoms with E-state index in [0.29, 0.717) is 12.5 Å². The third-order valence-corrected chi connectivity index (χ3v) is 2.69. The highest BCUT2D eigenvalue weighted by Crippen LogP contribution is 2.09. The van der Waals surface area contributed by atoms with Crippen molar-refractivity contribution in [2.45, 2.75) is 26.3 Å². The molecule has 1 atom stereocenters. The fourth-order valence-electron chi connectivity index (χ4n) is 1.42. The van der Waals surface area contributed by atoms with Crippen molar-refractivity contribution in [3.05, 3.63) is 28.7 Å². The van der Waals surface area contributed by atoms with Crippen LogP contribution in [-0.2, 0) is 6.54 Å². The zero-order chi connectivity index (χ0) is 10.4. The maximum Gasteiger partial charge on any atom is 0.266 e. The molecule has 0 fully saturated rings. The summed E-state index contributed by atoms with van der Waals surface area (Å²) >= 11 is 4.27. The molecule has 0 bridgehead atoms. The van der Waals surface area contributed by atoms with Crippen molar-refractivity contribution < 1.29 is 0 Å². The average Bonchev–Trinajstić information content (AvgIpc) is 2.20. The second-order valence-corrected chi connectivity index (χ2v) is 3.75. The van der Waals surface area contributed by atoms with Gasteiger partial charge < -0.3 is 0 Å². The van der Waals surface area contributed by atoms with Crippen molar-refractivity contribution in [2.24, 2.45) is 5.92 Å². The Bertz CT molecular complexity index is 324. The van der Waals surface area contributed by atoms with Crippen LogP contribution in [0.3, 0.4) is 0 Å². The summed E-state index contributed by atoms with van der Waals surface area (Å²) in [5.74, 6) is 1.24. The van der Waals surface area contributed by atoms with Crippen molar-refractivity contribution in [1.29, 1.82) is 0 Å². The minimum absolute atomic E-state index is 0.0320. The standard InChI is InChI=1S/C10H16N2OS/c1-2-4-9(8-14)7-12-10(13)5-3-6-11-12/h3,5-6,9,14H,2,4,7-8H2,1H3. The SMILES string of the molecule is CCCC(CS)Cn1ncccc1=O. The Morgan fingerprint density at radius 3 is 3.00 bits per heavy atom. The topological polar surface area (TPSA) is 34.9 Å². The quantitative estimate of drug-likeness (QED) is 0.752. The van der Waals surface area contributed by atoms with Gasteiger partial charge in [-0.25, -0.2) is 4.68 Å². The Morgan fingerprint density at radius 2 is 2.43 bits per heavy atom. The van der Waals surface area contributed by atoms with Gasteiger partial charge in [0.05, 0.1) is 0 Å². The monoisotopic (exact) mass is 212 g/mol. The van der Waals surface area contributed by atoms with Gasteiger partial charge in [0, 0.05) is 18.8 Å². The zero-order valence-corrected chi connectivity index (χ0v) is 9.28. The molecule has 1 heterocycles. The van der Waals surface area contributed by atoms with E-state index in [2.05, 4.69) is 24.7 Å². The third-order valence-electron chi connectivity index (χ3n) is 2.17. The summed E-state index contributed by atoms with van der Waals surface area (Å²) < 4.78 is 1.51. The Morgan fingerprint density at radius 1 is 1.64 bits per heavy atom. The fraction of sp³-hybridized carbons (Fsp3) is 0.600. The van der Waals surface area contributed by atoms with E-state index in [9.17, 15) is 4.79 Å². The van der Waals surface area contributed by atoms with Crippen LogP contribution < -0.4 is 5.56 Å². The van der Waals surface area contributed by atoms with Crippen molar-refractivity contribution in [3.63, 3.8) is 0 Å². The van der Waals surface area contributed by atoms with Gasteiger partial charge in [0.1, 0.15) is 0 Å². The lowest BCUT2D eigenvalue weighted by atomic mass is 10.1. The van der Waals surface area contributed by atoms with E-state index in [1.54, 1.807) is 12.3 Å². The van der Waals surface area contributed by atoms with Gasteiger partial charge in [0.15, 0.2) is 0 Å². The molecule has 0 radical (unpaired) electrons. The van der Waals surface area contributed by atoms with E-state index in [-0.39, 0.29) is 5.56 Å². The minimum atomic E-state index is -0.0320. The summed E-state index contributed by atoms with van der Waals surface area (Å²) in [7, 11) is 0. The first-order valence-electron chi connectivity index (χ1n) is 4.91. The van der Waals surface area contributed by atoms with Crippen LogP contribution in [0.25, 0.3) is 0 Å². The van der Waals surface area contributed by atoms with Gasteiger partial charge in [-0.05, 0) is 24.2 Å². The molecule has 0 aromatic carbocycles. The Kier molecular flexibility index (Phi) is 4.73. The molecule has 4 heteroatoms. The second-order valence-electron chi connectivity index (χ2n) is 3.38.